The quantitative estimate of drug-likeness (QED) is 0.0429. The fraction of sp³-hybridized carbons (Fsp3) is 0.377. The summed E-state index contributed by atoms with van der Waals surface area (Å²) in [7, 11) is 1.55. The van der Waals surface area contributed by atoms with Gasteiger partial charge >= 0.3 is 0 Å². The second-order valence-electron chi connectivity index (χ2n) is 20.1. The number of ketones is 1. The van der Waals surface area contributed by atoms with E-state index in [9.17, 15) is 24.0 Å². The normalized spacial score (nSPS) is 17.0. The number of benzene rings is 5. The fourth-order valence-corrected chi connectivity index (χ4v) is 11.0. The lowest BCUT2D eigenvalue weighted by atomic mass is 9.98. The number of aryl methyl sites for hydroxylation is 2. The molecule has 5 aliphatic rings. The highest BCUT2D eigenvalue weighted by molar-refractivity contribution is 6.15. The molecule has 4 amide bonds. The molecule has 0 fully saturated rings. The highest BCUT2D eigenvalue weighted by atomic mass is 16.5. The third-order valence-corrected chi connectivity index (χ3v) is 14.8. The smallest absolute Gasteiger partial charge is 0.261 e. The van der Waals surface area contributed by atoms with Crippen LogP contribution < -0.4 is 28.9 Å². The molecule has 0 aliphatic carbocycles. The Balaban J connectivity index is 0.901. The van der Waals surface area contributed by atoms with Crippen LogP contribution in [0.25, 0.3) is 0 Å². The van der Waals surface area contributed by atoms with Gasteiger partial charge in [0.15, 0.2) is 11.5 Å². The number of hydrogen-bond donors (Lipinski definition) is 0. The van der Waals surface area contributed by atoms with E-state index < -0.39 is 0 Å². The van der Waals surface area contributed by atoms with Crippen LogP contribution in [0, 0.1) is 6.92 Å². The van der Waals surface area contributed by atoms with Crippen LogP contribution in [0.2, 0.25) is 0 Å². The molecule has 5 aromatic rings. The number of carbonyl (C=O) groups excluding carboxylic acids is 5. The van der Waals surface area contributed by atoms with E-state index in [1.807, 2.05) is 72.6 Å². The summed E-state index contributed by atoms with van der Waals surface area (Å²) >= 11 is 0. The van der Waals surface area contributed by atoms with E-state index in [2.05, 4.69) is 36.1 Å². The minimum atomic E-state index is -0.351. The van der Waals surface area contributed by atoms with E-state index in [0.29, 0.717) is 99.3 Å². The van der Waals surface area contributed by atoms with Crippen molar-refractivity contribution in [2.24, 2.45) is 4.99 Å². The summed E-state index contributed by atoms with van der Waals surface area (Å²) < 4.78 is 30.9. The second kappa shape index (κ2) is 23.5. The molecule has 0 saturated carbocycles. The molecule has 15 nitrogen and oxygen atoms in total. The van der Waals surface area contributed by atoms with Gasteiger partial charge in [0.1, 0.15) is 24.7 Å². The number of carbonyl (C=O) groups is 5. The van der Waals surface area contributed by atoms with Crippen LogP contribution in [-0.4, -0.2) is 106 Å². The zero-order chi connectivity index (χ0) is 52.7. The average Bonchev–Trinajstić information content (AvgIpc) is 4.06. The van der Waals surface area contributed by atoms with E-state index in [1.54, 1.807) is 24.1 Å². The van der Waals surface area contributed by atoms with Gasteiger partial charge in [0.05, 0.1) is 44.2 Å². The number of amides is 4. The molecule has 0 bridgehead atoms. The van der Waals surface area contributed by atoms with Gasteiger partial charge in [-0.3, -0.25) is 38.8 Å². The summed E-state index contributed by atoms with van der Waals surface area (Å²) in [4.78, 5) is 77.7. The van der Waals surface area contributed by atoms with Crippen molar-refractivity contribution in [2.45, 2.75) is 96.9 Å². The predicted octanol–water partition coefficient (Wildman–Crippen LogP) is 9.27. The first-order valence-electron chi connectivity index (χ1n) is 26.6. The van der Waals surface area contributed by atoms with E-state index in [0.717, 1.165) is 75.5 Å². The number of ether oxygens (including phenoxy) is 5. The fourth-order valence-electron chi connectivity index (χ4n) is 11.0. The molecule has 5 aliphatic heterocycles. The van der Waals surface area contributed by atoms with Gasteiger partial charge in [0.2, 0.25) is 0 Å². The third kappa shape index (κ3) is 11.3. The highest BCUT2D eigenvalue weighted by Crippen LogP contribution is 2.42. The van der Waals surface area contributed by atoms with Crippen LogP contribution in [0.3, 0.4) is 0 Å². The van der Waals surface area contributed by atoms with Gasteiger partial charge in [-0.05, 0) is 127 Å². The SMILES string of the molecule is CCCOCCOCCN(CCCC(=O)CCCN1C(=O)C=CC1=O)c1cc(COc2cc3c(cc2C)C(=O)N2c4ccccc4C[C@H]2CC3)cc(COc2cc3c(cc2OC)C(=O)N2c4ccccc4C[C@H]2C=N3)c1. The summed E-state index contributed by atoms with van der Waals surface area (Å²) in [5.74, 6) is 0.760. The molecule has 76 heavy (non-hydrogen) atoms. The molecular formula is C61H65N5O10. The maximum Gasteiger partial charge on any atom is 0.261 e. The molecule has 2 atom stereocenters. The Morgan fingerprint density at radius 2 is 1.36 bits per heavy atom. The first-order valence-corrected chi connectivity index (χ1v) is 26.6. The third-order valence-electron chi connectivity index (χ3n) is 14.8. The lowest BCUT2D eigenvalue weighted by molar-refractivity contribution is -0.137. The summed E-state index contributed by atoms with van der Waals surface area (Å²) in [5.41, 5.74) is 10.2. The van der Waals surface area contributed by atoms with Crippen molar-refractivity contribution in [2.75, 3.05) is 67.9 Å². The molecule has 0 unspecified atom stereocenters. The minimum absolute atomic E-state index is 0.0249. The van der Waals surface area contributed by atoms with Gasteiger partial charge in [0, 0.05) is 98.6 Å². The number of methoxy groups -OCH3 is 1. The summed E-state index contributed by atoms with van der Waals surface area (Å²) in [6, 6.07) is 29.7. The standard InChI is InChI=1S/C61H65N5O10/c1-4-24-73-26-27-74-25-23-63(21-9-13-49(67)14-10-22-64-58(68)19-20-59(64)69)47-30-41(38-75-55-34-43-17-18-46-32-44-11-5-7-15-53(44)65(46)60(70)50(43)28-40(55)2)29-42(31-47)39-76-57-36-52-51(35-56(57)72-3)61(71)66-48(37-62-52)33-45-12-6-8-16-54(45)66/h5-8,11-12,15-16,19-20,28-31,34-37,46,48H,4,9-10,13-14,17-18,21-27,32-33,38-39H2,1-3H3/t46-,48+/m1/s1. The monoisotopic (exact) mass is 1030 g/mol. The number of nitrogens with zero attached hydrogens (tertiary/aromatic N) is 5. The maximum absolute atomic E-state index is 14.2. The van der Waals surface area contributed by atoms with E-state index in [1.165, 1.54) is 17.7 Å². The van der Waals surface area contributed by atoms with Gasteiger partial charge in [-0.25, -0.2) is 0 Å². The Bertz CT molecular complexity index is 3080. The molecule has 15 heteroatoms. The summed E-state index contributed by atoms with van der Waals surface area (Å²) in [6.07, 6.45) is 9.93. The van der Waals surface area contributed by atoms with Crippen LogP contribution in [0.5, 0.6) is 17.2 Å². The average molecular weight is 1030 g/mol. The van der Waals surface area contributed by atoms with E-state index in [4.69, 9.17) is 28.7 Å². The number of para-hydroxylation sites is 2. The topological polar surface area (TPSA) is 157 Å². The Hall–Kier alpha value is -7.62. The first-order chi connectivity index (χ1) is 37.1. The van der Waals surface area contributed by atoms with E-state index in [-0.39, 0.29) is 67.7 Å². The lowest BCUT2D eigenvalue weighted by Gasteiger charge is -2.26. The highest BCUT2D eigenvalue weighted by Gasteiger charge is 2.38. The van der Waals surface area contributed by atoms with Crippen LogP contribution in [0.15, 0.2) is 108 Å². The Morgan fingerprint density at radius 1 is 0.684 bits per heavy atom. The number of Topliss-reactive ketones (excluding diaryl/α,β-unsaturated/α-hetero) is 1. The van der Waals surface area contributed by atoms with Crippen LogP contribution >= 0.6 is 0 Å². The van der Waals surface area contributed by atoms with Gasteiger partial charge in [0.25, 0.3) is 23.6 Å². The second-order valence-corrected chi connectivity index (χ2v) is 20.1. The molecule has 10 rings (SSSR count). The summed E-state index contributed by atoms with van der Waals surface area (Å²) in [6.45, 7) is 7.66. The minimum Gasteiger partial charge on any atom is -0.493 e. The van der Waals surface area contributed by atoms with Gasteiger partial charge < -0.3 is 33.5 Å². The predicted molar refractivity (Wildman–Crippen MR) is 291 cm³/mol. The number of fused-ring (bicyclic) bond motifs is 8. The van der Waals surface area contributed by atoms with Crippen molar-refractivity contribution in [3.8, 4) is 17.2 Å². The first kappa shape index (κ1) is 51.8. The summed E-state index contributed by atoms with van der Waals surface area (Å²) in [5, 5.41) is 0. The van der Waals surface area contributed by atoms with Crippen LogP contribution in [0.4, 0.5) is 22.7 Å². The molecule has 394 valence electrons. The zero-order valence-electron chi connectivity index (χ0n) is 43.6. The lowest BCUT2D eigenvalue weighted by Crippen LogP contribution is -2.37. The van der Waals surface area contributed by atoms with Crippen LogP contribution in [-0.2, 0) is 56.3 Å². The molecule has 0 saturated heterocycles. The number of rotatable bonds is 24. The number of aliphatic imine (C=N–C) groups is 1. The van der Waals surface area contributed by atoms with Crippen LogP contribution in [0.1, 0.15) is 99.5 Å². The molecule has 0 aromatic heterocycles. The molecule has 0 N–H and O–H groups in total. The Kier molecular flexibility index (Phi) is 16.0. The molecule has 0 spiro atoms. The zero-order valence-corrected chi connectivity index (χ0v) is 43.6. The maximum atomic E-state index is 14.2. The van der Waals surface area contributed by atoms with Gasteiger partial charge in [-0.15, -0.1) is 0 Å². The number of imide groups is 1. The number of hydrogen-bond acceptors (Lipinski definition) is 12. The van der Waals surface area contributed by atoms with Gasteiger partial charge in [-0.1, -0.05) is 43.3 Å². The largest absolute Gasteiger partial charge is 0.493 e. The molecule has 5 heterocycles. The van der Waals surface area contributed by atoms with Crippen molar-refractivity contribution < 1.29 is 47.7 Å². The van der Waals surface area contributed by atoms with Crippen molar-refractivity contribution in [3.63, 3.8) is 0 Å². The molecular weight excluding hydrogens is 963 g/mol. The Morgan fingerprint density at radius 3 is 2.09 bits per heavy atom. The van der Waals surface area contributed by atoms with Crippen molar-refractivity contribution in [3.05, 3.63) is 148 Å². The Labute approximate surface area is 444 Å². The van der Waals surface area contributed by atoms with Crippen molar-refractivity contribution >= 4 is 58.4 Å². The van der Waals surface area contributed by atoms with Crippen molar-refractivity contribution in [1.29, 1.82) is 0 Å². The number of anilines is 3. The van der Waals surface area contributed by atoms with Gasteiger partial charge in [-0.2, -0.15) is 0 Å². The van der Waals surface area contributed by atoms with Crippen molar-refractivity contribution in [1.82, 2.24) is 4.90 Å². The molecule has 5 aromatic carbocycles. The van der Waals surface area contributed by atoms with E-state index >= 15 is 0 Å². The molecule has 0 radical (unpaired) electrons.